The van der Waals surface area contributed by atoms with Gasteiger partial charge in [-0.1, -0.05) is 59.7 Å². The third-order valence-electron chi connectivity index (χ3n) is 4.91. The van der Waals surface area contributed by atoms with Gasteiger partial charge in [0, 0.05) is 5.56 Å². The van der Waals surface area contributed by atoms with Crippen molar-refractivity contribution in [3.63, 3.8) is 0 Å². The predicted molar refractivity (Wildman–Crippen MR) is 125 cm³/mol. The molecule has 1 atom stereocenters. The molecular formula is C25H34O5Si. The number of benzene rings is 2. The summed E-state index contributed by atoms with van der Waals surface area (Å²) in [5, 5.41) is 9.12. The van der Waals surface area contributed by atoms with Crippen molar-refractivity contribution in [2.24, 2.45) is 0 Å². The van der Waals surface area contributed by atoms with Crippen LogP contribution in [0.15, 0.2) is 42.5 Å². The Morgan fingerprint density at radius 2 is 1.35 bits per heavy atom. The third-order valence-corrected chi connectivity index (χ3v) is 5.70. The lowest BCUT2D eigenvalue weighted by Crippen LogP contribution is -2.24. The van der Waals surface area contributed by atoms with Gasteiger partial charge in [-0.3, -0.25) is 0 Å². The van der Waals surface area contributed by atoms with Crippen molar-refractivity contribution in [2.45, 2.75) is 71.8 Å². The highest BCUT2D eigenvalue weighted by atomic mass is 28.3. The molecule has 2 aromatic carbocycles. The smallest absolute Gasteiger partial charge is 0.340 e. The molecule has 168 valence electrons. The molecule has 0 aliphatic rings. The van der Waals surface area contributed by atoms with E-state index in [-0.39, 0.29) is 16.4 Å². The third kappa shape index (κ3) is 6.52. The minimum Gasteiger partial charge on any atom is -0.478 e. The molecule has 2 rings (SSSR count). The monoisotopic (exact) mass is 442 g/mol. The second kappa shape index (κ2) is 9.36. The van der Waals surface area contributed by atoms with Crippen LogP contribution in [0, 0.1) is 0 Å². The Hall–Kier alpha value is -2.44. The Morgan fingerprint density at radius 1 is 0.839 bits per heavy atom. The van der Waals surface area contributed by atoms with Crippen molar-refractivity contribution in [1.82, 2.24) is 0 Å². The average molecular weight is 443 g/mol. The Balaban J connectivity index is 2.38. The zero-order valence-corrected chi connectivity index (χ0v) is 20.9. The Bertz CT molecular complexity index is 934. The molecule has 0 aromatic heterocycles. The van der Waals surface area contributed by atoms with E-state index in [1.165, 1.54) is 17.7 Å². The van der Waals surface area contributed by atoms with Gasteiger partial charge in [0.25, 0.3) is 0 Å². The molecule has 0 fully saturated rings. The van der Waals surface area contributed by atoms with Crippen LogP contribution >= 0.6 is 0 Å². The molecule has 0 radical (unpaired) electrons. The Kier molecular flexibility index (Phi) is 7.50. The van der Waals surface area contributed by atoms with Crippen molar-refractivity contribution in [1.29, 1.82) is 0 Å². The van der Waals surface area contributed by atoms with Gasteiger partial charge >= 0.3 is 11.9 Å². The van der Waals surface area contributed by atoms with Crippen LogP contribution in [0.3, 0.4) is 0 Å². The number of hydrogen-bond donors (Lipinski definition) is 1. The highest BCUT2D eigenvalue weighted by Crippen LogP contribution is 2.35. The fraction of sp³-hybridized carbons (Fsp3) is 0.440. The second-order valence-electron chi connectivity index (χ2n) is 10.1. The summed E-state index contributed by atoms with van der Waals surface area (Å²) in [5.74, 6) is -1.47. The van der Waals surface area contributed by atoms with Gasteiger partial charge in [-0.15, -0.1) is 0 Å². The SMILES string of the molecule is C[SiH](C)OC(OC(=O)c1ccc(C(C)(C)C)c(C(C)(C)C)c1)c1ccc(C(=O)O)cc1. The standard InChI is InChI=1S/C25H34O5Si/c1-24(2,3)19-14-13-18(15-20(19)25(4,5)6)22(28)29-23(30-31(7)8)17-11-9-16(10-12-17)21(26)27/h9-15,23,31H,1-8H3,(H,26,27). The summed E-state index contributed by atoms with van der Waals surface area (Å²) in [6.07, 6.45) is -0.873. The topological polar surface area (TPSA) is 72.8 Å². The number of carbonyl (C=O) groups is 2. The van der Waals surface area contributed by atoms with Crippen LogP contribution < -0.4 is 0 Å². The van der Waals surface area contributed by atoms with Crippen LogP contribution in [0.1, 0.15) is 85.2 Å². The molecule has 5 nitrogen and oxygen atoms in total. The van der Waals surface area contributed by atoms with Crippen LogP contribution in [0.5, 0.6) is 0 Å². The second-order valence-corrected chi connectivity index (χ2v) is 12.5. The first kappa shape index (κ1) is 24.8. The normalized spacial score (nSPS) is 13.2. The first-order valence-corrected chi connectivity index (χ1v) is 13.3. The molecule has 0 aliphatic heterocycles. The van der Waals surface area contributed by atoms with Gasteiger partial charge in [0.05, 0.1) is 11.1 Å². The number of aromatic carboxylic acids is 1. The summed E-state index contributed by atoms with van der Waals surface area (Å²) in [5.41, 5.74) is 3.38. The lowest BCUT2D eigenvalue weighted by molar-refractivity contribution is -0.0521. The van der Waals surface area contributed by atoms with E-state index in [1.54, 1.807) is 18.2 Å². The highest BCUT2D eigenvalue weighted by Gasteiger charge is 2.27. The van der Waals surface area contributed by atoms with E-state index in [0.29, 0.717) is 11.1 Å². The first-order valence-electron chi connectivity index (χ1n) is 10.5. The lowest BCUT2D eigenvalue weighted by atomic mass is 9.75. The number of carboxylic acids is 1. The fourth-order valence-corrected chi connectivity index (χ4v) is 4.02. The molecule has 0 aliphatic carbocycles. The number of esters is 1. The van der Waals surface area contributed by atoms with Crippen LogP contribution in [0.4, 0.5) is 0 Å². The van der Waals surface area contributed by atoms with Crippen molar-refractivity contribution in [3.05, 3.63) is 70.3 Å². The molecular weight excluding hydrogens is 408 g/mol. The maximum Gasteiger partial charge on any atom is 0.340 e. The number of carboxylic acid groups (broad SMARTS) is 1. The van der Waals surface area contributed by atoms with E-state index in [9.17, 15) is 9.59 Å². The summed E-state index contributed by atoms with van der Waals surface area (Å²) in [7, 11) is -1.54. The van der Waals surface area contributed by atoms with E-state index >= 15 is 0 Å². The van der Waals surface area contributed by atoms with Gasteiger partial charge in [-0.2, -0.15) is 0 Å². The molecule has 0 spiro atoms. The van der Waals surface area contributed by atoms with Gasteiger partial charge in [0.15, 0.2) is 9.04 Å². The molecule has 1 N–H and O–H groups in total. The molecule has 1 unspecified atom stereocenters. The fourth-order valence-electron chi connectivity index (χ4n) is 3.32. The maximum absolute atomic E-state index is 13.0. The van der Waals surface area contributed by atoms with Gasteiger partial charge in [0.2, 0.25) is 6.29 Å². The summed E-state index contributed by atoms with van der Waals surface area (Å²) < 4.78 is 11.7. The van der Waals surface area contributed by atoms with Crippen molar-refractivity contribution in [3.8, 4) is 0 Å². The molecule has 0 bridgehead atoms. The number of carbonyl (C=O) groups excluding carboxylic acids is 1. The van der Waals surface area contributed by atoms with E-state index in [4.69, 9.17) is 14.3 Å². The van der Waals surface area contributed by atoms with Crippen molar-refractivity contribution < 1.29 is 23.9 Å². The maximum atomic E-state index is 13.0. The van der Waals surface area contributed by atoms with Gasteiger partial charge in [-0.25, -0.2) is 9.59 Å². The lowest BCUT2D eigenvalue weighted by Gasteiger charge is -2.30. The van der Waals surface area contributed by atoms with Crippen LogP contribution in [0.2, 0.25) is 13.1 Å². The minimum atomic E-state index is -1.54. The number of ether oxygens (including phenoxy) is 1. The number of rotatable bonds is 6. The van der Waals surface area contributed by atoms with Crippen molar-refractivity contribution >= 4 is 21.0 Å². The van der Waals surface area contributed by atoms with E-state index in [0.717, 1.165) is 5.56 Å². The zero-order valence-electron chi connectivity index (χ0n) is 19.8. The molecule has 31 heavy (non-hydrogen) atoms. The predicted octanol–water partition coefficient (Wildman–Crippen LogP) is 5.84. The number of hydrogen-bond acceptors (Lipinski definition) is 4. The minimum absolute atomic E-state index is 0.0498. The van der Waals surface area contributed by atoms with E-state index in [1.807, 2.05) is 25.2 Å². The molecule has 6 heteroatoms. The summed E-state index contributed by atoms with van der Waals surface area (Å²) in [6.45, 7) is 16.9. The quantitative estimate of drug-likeness (QED) is 0.346. The van der Waals surface area contributed by atoms with Gasteiger partial charge in [0.1, 0.15) is 0 Å². The summed E-state index contributed by atoms with van der Waals surface area (Å²) in [4.78, 5) is 24.2. The summed E-state index contributed by atoms with van der Waals surface area (Å²) >= 11 is 0. The zero-order chi connectivity index (χ0) is 23.6. The Labute approximate surface area is 187 Å². The van der Waals surface area contributed by atoms with Crippen LogP contribution in [-0.4, -0.2) is 26.1 Å². The van der Waals surface area contributed by atoms with E-state index < -0.39 is 27.3 Å². The molecule has 0 saturated heterocycles. The summed E-state index contributed by atoms with van der Waals surface area (Å²) in [6, 6.07) is 11.9. The first-order chi connectivity index (χ1) is 14.2. The Morgan fingerprint density at radius 3 is 1.81 bits per heavy atom. The molecule has 0 heterocycles. The molecule has 2 aromatic rings. The van der Waals surface area contributed by atoms with Gasteiger partial charge in [-0.05, 0) is 59.3 Å². The van der Waals surface area contributed by atoms with E-state index in [2.05, 4.69) is 41.5 Å². The highest BCUT2D eigenvalue weighted by molar-refractivity contribution is 6.48. The van der Waals surface area contributed by atoms with Crippen molar-refractivity contribution in [2.75, 3.05) is 0 Å². The molecule has 0 amide bonds. The average Bonchev–Trinajstić information content (AvgIpc) is 2.65. The molecule has 0 saturated carbocycles. The largest absolute Gasteiger partial charge is 0.478 e. The van der Waals surface area contributed by atoms with Crippen LogP contribution in [0.25, 0.3) is 0 Å². The van der Waals surface area contributed by atoms with Gasteiger partial charge < -0.3 is 14.3 Å². The van der Waals surface area contributed by atoms with Crippen LogP contribution in [-0.2, 0) is 20.0 Å².